The minimum absolute atomic E-state index is 0.747. The highest BCUT2D eigenvalue weighted by molar-refractivity contribution is 7.98. The third-order valence-corrected chi connectivity index (χ3v) is 3.59. The zero-order valence-corrected chi connectivity index (χ0v) is 11.2. The molecule has 2 heterocycles. The summed E-state index contributed by atoms with van der Waals surface area (Å²) in [5, 5.41) is 3.85. The van der Waals surface area contributed by atoms with Crippen LogP contribution >= 0.6 is 11.8 Å². The Labute approximate surface area is 114 Å². The number of hydrogen-bond acceptors (Lipinski definition) is 5. The number of benzene rings is 1. The number of thioether (sulfide) groups is 1. The molecule has 6 heteroatoms. The van der Waals surface area contributed by atoms with Crippen LogP contribution in [0.15, 0.2) is 41.8 Å². The van der Waals surface area contributed by atoms with Crippen molar-refractivity contribution in [1.29, 1.82) is 0 Å². The number of nitrogens with one attached hydrogen (secondary N) is 2. The van der Waals surface area contributed by atoms with E-state index in [2.05, 4.69) is 25.3 Å². The fourth-order valence-electron chi connectivity index (χ4n) is 1.70. The highest BCUT2D eigenvalue weighted by Crippen LogP contribution is 2.22. The molecule has 2 aromatic heterocycles. The summed E-state index contributed by atoms with van der Waals surface area (Å²) >= 11 is 1.62. The van der Waals surface area contributed by atoms with Crippen molar-refractivity contribution >= 4 is 28.6 Å². The van der Waals surface area contributed by atoms with Crippen LogP contribution in [0.25, 0.3) is 11.0 Å². The molecule has 0 amide bonds. The fraction of sp³-hybridized carbons (Fsp3) is 0.154. The number of aromatic amines is 1. The Kier molecular flexibility index (Phi) is 3.33. The van der Waals surface area contributed by atoms with Crippen molar-refractivity contribution in [3.05, 3.63) is 42.4 Å². The lowest BCUT2D eigenvalue weighted by atomic mass is 10.3. The molecular formula is C13H13N5S. The quantitative estimate of drug-likeness (QED) is 0.714. The van der Waals surface area contributed by atoms with Gasteiger partial charge in [0.1, 0.15) is 5.82 Å². The molecule has 0 radical (unpaired) electrons. The maximum absolute atomic E-state index is 4.51. The van der Waals surface area contributed by atoms with Crippen LogP contribution in [0, 0.1) is 0 Å². The molecule has 0 atom stereocenters. The van der Waals surface area contributed by atoms with Crippen LogP contribution < -0.4 is 5.32 Å². The Morgan fingerprint density at radius 3 is 2.84 bits per heavy atom. The number of aromatic nitrogens is 4. The molecule has 96 valence electrons. The van der Waals surface area contributed by atoms with Gasteiger partial charge in [-0.25, -0.2) is 9.97 Å². The van der Waals surface area contributed by atoms with Crippen molar-refractivity contribution in [3.63, 3.8) is 0 Å². The number of para-hydroxylation sites is 2. The monoisotopic (exact) mass is 271 g/mol. The molecule has 0 aliphatic heterocycles. The zero-order chi connectivity index (χ0) is 13.1. The highest BCUT2D eigenvalue weighted by Gasteiger charge is 2.04. The van der Waals surface area contributed by atoms with Crippen molar-refractivity contribution in [2.45, 2.75) is 10.9 Å². The Balaban J connectivity index is 1.70. The molecule has 0 saturated carbocycles. The molecule has 5 nitrogen and oxygen atoms in total. The average Bonchev–Trinajstić information content (AvgIpc) is 2.88. The van der Waals surface area contributed by atoms with Crippen LogP contribution in [0.5, 0.6) is 0 Å². The predicted octanol–water partition coefficient (Wildman–Crippen LogP) is 2.69. The van der Waals surface area contributed by atoms with Crippen molar-refractivity contribution in [1.82, 2.24) is 19.9 Å². The van der Waals surface area contributed by atoms with Gasteiger partial charge in [-0.2, -0.15) is 0 Å². The van der Waals surface area contributed by atoms with Crippen molar-refractivity contribution in [2.75, 3.05) is 12.4 Å². The van der Waals surface area contributed by atoms with Crippen LogP contribution in [-0.4, -0.2) is 27.0 Å². The predicted molar refractivity (Wildman–Crippen MR) is 77.2 cm³/mol. The van der Waals surface area contributed by atoms with Gasteiger partial charge in [0.05, 0.1) is 29.1 Å². The van der Waals surface area contributed by atoms with E-state index >= 15 is 0 Å². The van der Waals surface area contributed by atoms with Gasteiger partial charge < -0.3 is 10.3 Å². The first kappa shape index (κ1) is 12.0. The van der Waals surface area contributed by atoms with E-state index in [0.717, 1.165) is 33.5 Å². The molecule has 0 unspecified atom stereocenters. The van der Waals surface area contributed by atoms with Crippen LogP contribution in [0.3, 0.4) is 0 Å². The van der Waals surface area contributed by atoms with E-state index in [9.17, 15) is 0 Å². The largest absolute Gasteiger partial charge is 0.372 e. The number of H-pyrrole nitrogens is 1. The van der Waals surface area contributed by atoms with Crippen LogP contribution in [0.1, 0.15) is 5.69 Å². The molecule has 19 heavy (non-hydrogen) atoms. The van der Waals surface area contributed by atoms with Gasteiger partial charge in [0.15, 0.2) is 5.16 Å². The second-order valence-electron chi connectivity index (χ2n) is 3.99. The molecule has 0 saturated heterocycles. The van der Waals surface area contributed by atoms with Gasteiger partial charge in [0.2, 0.25) is 0 Å². The van der Waals surface area contributed by atoms with E-state index < -0.39 is 0 Å². The molecule has 0 fully saturated rings. The fourth-order valence-corrected chi connectivity index (χ4v) is 2.48. The zero-order valence-electron chi connectivity index (χ0n) is 10.4. The number of hydrogen-bond donors (Lipinski definition) is 2. The van der Waals surface area contributed by atoms with Crippen molar-refractivity contribution in [3.8, 4) is 0 Å². The standard InChI is InChI=1S/C13H13N5S/c1-14-12-7-15-9(6-16-12)8-19-13-17-10-4-2-3-5-11(10)18-13/h2-7H,8H2,1H3,(H,14,16)(H,17,18). The van der Waals surface area contributed by atoms with Crippen molar-refractivity contribution in [2.24, 2.45) is 0 Å². The Hall–Kier alpha value is -2.08. The molecule has 2 N–H and O–H groups in total. The van der Waals surface area contributed by atoms with Gasteiger partial charge in [0.25, 0.3) is 0 Å². The van der Waals surface area contributed by atoms with Crippen LogP contribution in [0.4, 0.5) is 5.82 Å². The number of imidazole rings is 1. The number of fused-ring (bicyclic) bond motifs is 1. The molecule has 1 aromatic carbocycles. The number of nitrogens with zero attached hydrogens (tertiary/aromatic N) is 3. The molecule has 0 aliphatic rings. The second kappa shape index (κ2) is 5.27. The van der Waals surface area contributed by atoms with Gasteiger partial charge in [-0.1, -0.05) is 23.9 Å². The SMILES string of the molecule is CNc1cnc(CSc2nc3ccccc3[nH]2)cn1. The lowest BCUT2D eigenvalue weighted by Crippen LogP contribution is -1.95. The summed E-state index contributed by atoms with van der Waals surface area (Å²) in [5.74, 6) is 1.52. The van der Waals surface area contributed by atoms with Gasteiger partial charge in [0, 0.05) is 12.8 Å². The highest BCUT2D eigenvalue weighted by atomic mass is 32.2. The van der Waals surface area contributed by atoms with Crippen LogP contribution in [-0.2, 0) is 5.75 Å². The minimum atomic E-state index is 0.747. The molecule has 0 aliphatic carbocycles. The smallest absolute Gasteiger partial charge is 0.166 e. The summed E-state index contributed by atoms with van der Waals surface area (Å²) in [6.07, 6.45) is 3.51. The van der Waals surface area contributed by atoms with Gasteiger partial charge >= 0.3 is 0 Å². The summed E-state index contributed by atoms with van der Waals surface area (Å²) < 4.78 is 0. The lowest BCUT2D eigenvalue weighted by molar-refractivity contribution is 1.06. The third kappa shape index (κ3) is 2.68. The first-order valence-electron chi connectivity index (χ1n) is 5.91. The summed E-state index contributed by atoms with van der Waals surface area (Å²) in [5.41, 5.74) is 2.98. The van der Waals surface area contributed by atoms with Gasteiger partial charge in [-0.05, 0) is 12.1 Å². The van der Waals surface area contributed by atoms with E-state index in [1.807, 2.05) is 31.3 Å². The summed E-state index contributed by atoms with van der Waals surface area (Å²) in [4.78, 5) is 16.4. The molecule has 3 rings (SSSR count). The molecule has 3 aromatic rings. The summed E-state index contributed by atoms with van der Waals surface area (Å²) in [6.45, 7) is 0. The average molecular weight is 271 g/mol. The molecular weight excluding hydrogens is 258 g/mol. The van der Waals surface area contributed by atoms with E-state index in [1.54, 1.807) is 24.2 Å². The van der Waals surface area contributed by atoms with Crippen LogP contribution in [0.2, 0.25) is 0 Å². The maximum atomic E-state index is 4.51. The molecule has 0 spiro atoms. The Morgan fingerprint density at radius 1 is 1.21 bits per heavy atom. The summed E-state index contributed by atoms with van der Waals surface area (Å²) in [7, 11) is 1.83. The van der Waals surface area contributed by atoms with E-state index in [4.69, 9.17) is 0 Å². The Bertz CT molecular complexity index is 644. The first-order valence-corrected chi connectivity index (χ1v) is 6.90. The lowest BCUT2D eigenvalue weighted by Gasteiger charge is -2.00. The van der Waals surface area contributed by atoms with E-state index in [1.165, 1.54) is 0 Å². The van der Waals surface area contributed by atoms with Gasteiger partial charge in [-0.3, -0.25) is 4.98 Å². The Morgan fingerprint density at radius 2 is 2.11 bits per heavy atom. The van der Waals surface area contributed by atoms with E-state index in [0.29, 0.717) is 0 Å². The summed E-state index contributed by atoms with van der Waals surface area (Å²) in [6, 6.07) is 8.00. The third-order valence-electron chi connectivity index (χ3n) is 2.69. The first-order chi connectivity index (χ1) is 9.35. The minimum Gasteiger partial charge on any atom is -0.372 e. The normalized spacial score (nSPS) is 10.8. The van der Waals surface area contributed by atoms with Crippen molar-refractivity contribution < 1.29 is 0 Å². The number of anilines is 1. The number of rotatable bonds is 4. The topological polar surface area (TPSA) is 66.5 Å². The maximum Gasteiger partial charge on any atom is 0.166 e. The van der Waals surface area contributed by atoms with Gasteiger partial charge in [-0.15, -0.1) is 0 Å². The molecule has 0 bridgehead atoms. The van der Waals surface area contributed by atoms with E-state index in [-0.39, 0.29) is 0 Å². The second-order valence-corrected chi connectivity index (χ2v) is 4.95.